The minimum Gasteiger partial charge on any atom is -0.396 e. The van der Waals surface area contributed by atoms with Crippen LogP contribution in [0, 0.1) is 5.92 Å². The second-order valence-corrected chi connectivity index (χ2v) is 22.3. The minimum atomic E-state index is -6.00. The Labute approximate surface area is 400 Å². The van der Waals surface area contributed by atoms with E-state index in [0.717, 1.165) is 86.4 Å². The van der Waals surface area contributed by atoms with Crippen LogP contribution in [-0.2, 0) is 25.5 Å². The van der Waals surface area contributed by atoms with Crippen molar-refractivity contribution in [1.29, 1.82) is 0 Å². The van der Waals surface area contributed by atoms with Gasteiger partial charge < -0.3 is 24.7 Å². The Morgan fingerprint density at radius 3 is 2.21 bits per heavy atom. The number of amides is 1. The summed E-state index contributed by atoms with van der Waals surface area (Å²) < 4.78 is 89.9. The third-order valence-corrected chi connectivity index (χ3v) is 17.2. The Morgan fingerprint density at radius 2 is 1.55 bits per heavy atom. The molecule has 358 valence electrons. The van der Waals surface area contributed by atoms with Gasteiger partial charge in [-0.3, -0.25) is 19.3 Å². The number of thioether (sulfide) groups is 1. The lowest BCUT2D eigenvalue weighted by molar-refractivity contribution is -0.0435. The number of piperidine rings is 1. The van der Waals surface area contributed by atoms with Gasteiger partial charge in [-0.2, -0.15) is 13.2 Å². The van der Waals surface area contributed by atoms with Crippen LogP contribution in [0.15, 0.2) is 131 Å². The predicted octanol–water partition coefficient (Wildman–Crippen LogP) is 9.57. The Morgan fingerprint density at radius 1 is 0.881 bits per heavy atom. The SMILES string of the molecule is CCOP(=O)(NC(=O)c1ccc(N2CCN(Cc3ccccc3-c3ccc(Cl)cc3)CC2)cc1)c1ccc(N[C@H](CCN2CCC(CO)CC2)CSc2ccccc2)c(S(=O)(=O)C(F)(F)F)c1. The first kappa shape index (κ1) is 50.5. The van der Waals surface area contributed by atoms with Crippen molar-refractivity contribution in [3.8, 4) is 11.1 Å². The molecule has 1 amide bonds. The highest BCUT2D eigenvalue weighted by atomic mass is 35.5. The van der Waals surface area contributed by atoms with Crippen LogP contribution in [0.1, 0.15) is 42.1 Å². The fraction of sp³-hybridized carbons (Fsp3) is 0.367. The Hall–Kier alpha value is -4.38. The molecular weight excluding hydrogens is 942 g/mol. The van der Waals surface area contributed by atoms with Gasteiger partial charge in [0.1, 0.15) is 4.90 Å². The molecule has 3 N–H and O–H groups in total. The third kappa shape index (κ3) is 13.0. The molecule has 2 fully saturated rings. The molecule has 2 aliphatic rings. The van der Waals surface area contributed by atoms with Crippen LogP contribution < -0.4 is 20.6 Å². The van der Waals surface area contributed by atoms with Crippen molar-refractivity contribution in [2.24, 2.45) is 5.92 Å². The summed E-state index contributed by atoms with van der Waals surface area (Å²) in [7, 11) is -10.5. The summed E-state index contributed by atoms with van der Waals surface area (Å²) in [6.45, 7) is 7.38. The standard InChI is InChI=1S/C49H56ClF3N5O6PS2/c1-2-64-65(61,55-48(60)38-14-18-42(19-15-38)58-30-28-57(29-31-58)33-39-8-6-7-11-45(39)37-12-16-40(50)17-13-37)43-20-21-46(47(32-43)67(62,63)49(51,52)53)54-41(35-66-44-9-4-3-5-10-44)24-27-56-25-22-36(34-59)23-26-56/h3-21,32,36,41,54,59H,2,22-31,33-35H2,1H3,(H,55,60,61)/t41-,65?/m1/s1. The van der Waals surface area contributed by atoms with Gasteiger partial charge in [-0.1, -0.05) is 66.2 Å². The minimum absolute atomic E-state index is 0.120. The zero-order chi connectivity index (χ0) is 47.6. The summed E-state index contributed by atoms with van der Waals surface area (Å²) in [5.41, 5.74) is -1.53. The van der Waals surface area contributed by atoms with Crippen LogP contribution >= 0.6 is 30.9 Å². The zero-order valence-electron chi connectivity index (χ0n) is 37.2. The molecule has 0 bridgehead atoms. The number of hydrogen-bond donors (Lipinski definition) is 3. The highest BCUT2D eigenvalue weighted by Crippen LogP contribution is 2.44. The first-order chi connectivity index (χ1) is 32.2. The molecule has 67 heavy (non-hydrogen) atoms. The fourth-order valence-electron chi connectivity index (χ4n) is 8.37. The smallest absolute Gasteiger partial charge is 0.396 e. The average Bonchev–Trinajstić information content (AvgIpc) is 3.33. The molecule has 2 aliphatic heterocycles. The molecular formula is C49H56ClF3N5O6PS2. The normalized spacial score (nSPS) is 16.9. The number of piperazine rings is 1. The van der Waals surface area contributed by atoms with Gasteiger partial charge in [0.2, 0.25) is 0 Å². The van der Waals surface area contributed by atoms with Crippen LogP contribution in [0.2, 0.25) is 5.02 Å². The molecule has 0 spiro atoms. The van der Waals surface area contributed by atoms with E-state index in [-0.39, 0.29) is 30.4 Å². The maximum absolute atomic E-state index is 14.5. The highest BCUT2D eigenvalue weighted by Gasteiger charge is 2.49. The molecule has 11 nitrogen and oxygen atoms in total. The molecule has 2 atom stereocenters. The fourth-order valence-corrected chi connectivity index (χ4v) is 12.2. The number of rotatable bonds is 19. The van der Waals surface area contributed by atoms with Gasteiger partial charge in [-0.05, 0) is 129 Å². The summed E-state index contributed by atoms with van der Waals surface area (Å²) in [4.78, 5) is 20.4. The molecule has 7 rings (SSSR count). The average molecular weight is 999 g/mol. The largest absolute Gasteiger partial charge is 0.501 e. The molecule has 0 aliphatic carbocycles. The summed E-state index contributed by atoms with van der Waals surface area (Å²) >= 11 is 7.61. The summed E-state index contributed by atoms with van der Waals surface area (Å²) in [5, 5.41) is 15.4. The number of nitrogens with one attached hydrogen (secondary N) is 2. The number of nitrogens with zero attached hydrogens (tertiary/aromatic N) is 3. The Bertz CT molecular complexity index is 2580. The summed E-state index contributed by atoms with van der Waals surface area (Å²) in [6, 6.07) is 34.9. The second kappa shape index (κ2) is 22.8. The number of carbonyl (C=O) groups excluding carboxylic acids is 1. The number of anilines is 2. The van der Waals surface area contributed by atoms with Gasteiger partial charge in [0.05, 0.1) is 17.6 Å². The highest BCUT2D eigenvalue weighted by molar-refractivity contribution is 7.99. The topological polar surface area (TPSA) is 132 Å². The number of alkyl halides is 3. The second-order valence-electron chi connectivity index (χ2n) is 16.7. The lowest BCUT2D eigenvalue weighted by atomic mass is 9.97. The van der Waals surface area contributed by atoms with E-state index in [9.17, 15) is 36.1 Å². The number of likely N-dealkylation sites (tertiary alicyclic amines) is 1. The van der Waals surface area contributed by atoms with Gasteiger partial charge >= 0.3 is 13.0 Å². The van der Waals surface area contributed by atoms with Crippen molar-refractivity contribution in [2.75, 3.05) is 75.0 Å². The first-order valence-electron chi connectivity index (χ1n) is 22.4. The van der Waals surface area contributed by atoms with Crippen molar-refractivity contribution in [1.82, 2.24) is 14.9 Å². The zero-order valence-corrected chi connectivity index (χ0v) is 40.5. The van der Waals surface area contributed by atoms with E-state index < -0.39 is 45.0 Å². The van der Waals surface area contributed by atoms with Gasteiger partial charge in [-0.15, -0.1) is 11.8 Å². The molecule has 5 aromatic rings. The van der Waals surface area contributed by atoms with Crippen molar-refractivity contribution in [2.45, 2.75) is 54.1 Å². The lowest BCUT2D eigenvalue weighted by Gasteiger charge is -2.36. The molecule has 2 saturated heterocycles. The van der Waals surface area contributed by atoms with Crippen molar-refractivity contribution in [3.63, 3.8) is 0 Å². The number of benzene rings is 5. The monoisotopic (exact) mass is 997 g/mol. The van der Waals surface area contributed by atoms with Gasteiger partial charge in [0.15, 0.2) is 0 Å². The third-order valence-electron chi connectivity index (χ3n) is 12.2. The van der Waals surface area contributed by atoms with E-state index in [1.165, 1.54) is 30.3 Å². The van der Waals surface area contributed by atoms with E-state index in [1.54, 1.807) is 24.3 Å². The Balaban J connectivity index is 1.05. The van der Waals surface area contributed by atoms with Gasteiger partial charge in [0.25, 0.3) is 15.7 Å². The van der Waals surface area contributed by atoms with Crippen molar-refractivity contribution < 1.29 is 40.6 Å². The van der Waals surface area contributed by atoms with Crippen LogP contribution in [0.3, 0.4) is 0 Å². The van der Waals surface area contributed by atoms with E-state index in [4.69, 9.17) is 16.1 Å². The first-order valence-corrected chi connectivity index (χ1v) is 26.8. The van der Waals surface area contributed by atoms with Crippen LogP contribution in [0.5, 0.6) is 0 Å². The number of hydrogen-bond acceptors (Lipinski definition) is 11. The maximum atomic E-state index is 14.5. The number of sulfone groups is 1. The van der Waals surface area contributed by atoms with Crippen LogP contribution in [0.4, 0.5) is 24.5 Å². The van der Waals surface area contributed by atoms with Crippen molar-refractivity contribution in [3.05, 3.63) is 137 Å². The maximum Gasteiger partial charge on any atom is 0.501 e. The number of aliphatic hydroxyl groups is 1. The summed E-state index contributed by atoms with van der Waals surface area (Å²) in [5.74, 6) is -0.185. The van der Waals surface area contributed by atoms with E-state index >= 15 is 0 Å². The van der Waals surface area contributed by atoms with E-state index in [2.05, 4.69) is 37.2 Å². The molecule has 0 saturated carbocycles. The molecule has 2 heterocycles. The van der Waals surface area contributed by atoms with Gasteiger partial charge in [-0.25, -0.2) is 8.42 Å². The molecule has 0 aromatic heterocycles. The van der Waals surface area contributed by atoms with E-state index in [1.807, 2.05) is 66.7 Å². The number of halogens is 4. The van der Waals surface area contributed by atoms with E-state index in [0.29, 0.717) is 29.8 Å². The summed E-state index contributed by atoms with van der Waals surface area (Å²) in [6.07, 6.45) is 2.12. The van der Waals surface area contributed by atoms with Gasteiger partial charge in [0, 0.05) is 78.8 Å². The number of carbonyl (C=O) groups is 1. The van der Waals surface area contributed by atoms with Crippen LogP contribution in [-0.4, -0.2) is 106 Å². The molecule has 18 heteroatoms. The molecule has 5 aromatic carbocycles. The van der Waals surface area contributed by atoms with Crippen LogP contribution in [0.25, 0.3) is 11.1 Å². The molecule has 1 unspecified atom stereocenters. The number of aliphatic hydroxyl groups excluding tert-OH is 1. The predicted molar refractivity (Wildman–Crippen MR) is 262 cm³/mol. The lowest BCUT2D eigenvalue weighted by Crippen LogP contribution is -2.46. The quantitative estimate of drug-likeness (QED) is 0.0540. The Kier molecular flexibility index (Phi) is 17.2. The molecule has 0 radical (unpaired) electrons. The van der Waals surface area contributed by atoms with Crippen molar-refractivity contribution >= 4 is 63.3 Å².